The summed E-state index contributed by atoms with van der Waals surface area (Å²) in [6.07, 6.45) is 85.7. The molecule has 0 aliphatic rings. The fourth-order valence-corrected chi connectivity index (χ4v) is 12.1. The van der Waals surface area contributed by atoms with Crippen molar-refractivity contribution in [1.82, 2.24) is 0 Å². The zero-order valence-electron chi connectivity index (χ0n) is 62.4. The predicted octanol–water partition coefficient (Wildman–Crippen LogP) is 22.8. The Bertz CT molecular complexity index is 2240. The molecule has 16 nitrogen and oxygen atoms in total. The molecule has 0 heterocycles. The van der Waals surface area contributed by atoms with Gasteiger partial charge in [-0.05, 0) is 128 Å². The number of aliphatic hydroxyl groups is 2. The standard InChI is InChI=1S/C81H142O16P2/c1-4-7-10-13-16-19-22-25-28-30-31-32-33-34-35-36-37-38-39-40-41-42-43-45-48-49-52-55-58-61-64-67-79(84)91-70-76(82)71-93-98(87,88)94-72-77(83)73-95-99(89,90)96-75-78(97-81(86)69-66-63-60-57-54-51-46-27-24-21-18-15-12-9-6-3)74-92-80(85)68-65-62-59-56-53-50-47-44-29-26-23-20-17-14-11-8-5-2/h8,11,16-21,25-29,31-32,34-35,46,76-78,82-83H,4-7,9-10,12-15,22-24,30,33,36-45,47-75H2,1-3H3,(H,87,88)(H,89,90)/b11-8-,19-16-,20-17-,21-18-,28-25-,29-26-,32-31-,35-34-,46-27-. The lowest BCUT2D eigenvalue weighted by Gasteiger charge is -2.21. The zero-order chi connectivity index (χ0) is 72.3. The van der Waals surface area contributed by atoms with Crippen LogP contribution in [0.25, 0.3) is 0 Å². The number of aliphatic hydroxyl groups excluding tert-OH is 2. The Morgan fingerprint density at radius 3 is 0.848 bits per heavy atom. The van der Waals surface area contributed by atoms with Gasteiger partial charge < -0.3 is 34.2 Å². The van der Waals surface area contributed by atoms with E-state index >= 15 is 0 Å². The molecule has 0 saturated carbocycles. The van der Waals surface area contributed by atoms with Gasteiger partial charge in [-0.3, -0.25) is 32.5 Å². The predicted molar refractivity (Wildman–Crippen MR) is 408 cm³/mol. The molecule has 0 aliphatic heterocycles. The van der Waals surface area contributed by atoms with Crippen LogP contribution >= 0.6 is 15.6 Å². The van der Waals surface area contributed by atoms with Crippen molar-refractivity contribution in [3.05, 3.63) is 109 Å². The minimum atomic E-state index is -4.93. The number of rotatable bonds is 74. The molecule has 0 amide bonds. The molecule has 0 bridgehead atoms. The smallest absolute Gasteiger partial charge is 0.463 e. The molecular weight excluding hydrogens is 1290 g/mol. The summed E-state index contributed by atoms with van der Waals surface area (Å²) >= 11 is 0. The molecule has 0 spiro atoms. The van der Waals surface area contributed by atoms with Crippen LogP contribution in [0, 0.1) is 0 Å². The molecule has 0 fully saturated rings. The number of phosphoric ester groups is 2. The van der Waals surface area contributed by atoms with Gasteiger partial charge >= 0.3 is 33.6 Å². The zero-order valence-corrected chi connectivity index (χ0v) is 64.2. The van der Waals surface area contributed by atoms with E-state index in [9.17, 15) is 43.5 Å². The number of esters is 3. The first kappa shape index (κ1) is 95.2. The Kier molecular flexibility index (Phi) is 71.1. The van der Waals surface area contributed by atoms with E-state index < -0.39 is 91.5 Å². The monoisotopic (exact) mass is 1430 g/mol. The Balaban J connectivity index is 4.46. The Morgan fingerprint density at radius 2 is 0.535 bits per heavy atom. The van der Waals surface area contributed by atoms with Gasteiger partial charge in [0.15, 0.2) is 6.10 Å². The molecule has 5 unspecified atom stereocenters. The molecule has 99 heavy (non-hydrogen) atoms. The first-order valence-electron chi connectivity index (χ1n) is 39.2. The van der Waals surface area contributed by atoms with E-state index in [0.29, 0.717) is 19.3 Å². The summed E-state index contributed by atoms with van der Waals surface area (Å²) in [5.41, 5.74) is 0. The van der Waals surface area contributed by atoms with Crippen molar-refractivity contribution < 1.29 is 75.8 Å². The minimum absolute atomic E-state index is 0.0858. The van der Waals surface area contributed by atoms with Gasteiger partial charge in [-0.25, -0.2) is 9.13 Å². The highest BCUT2D eigenvalue weighted by molar-refractivity contribution is 7.47. The quantitative estimate of drug-likeness (QED) is 0.0146. The number of carbonyl (C=O) groups is 3. The first-order chi connectivity index (χ1) is 48.2. The van der Waals surface area contributed by atoms with Gasteiger partial charge in [0.1, 0.15) is 25.4 Å². The fourth-order valence-electron chi connectivity index (χ4n) is 10.5. The Morgan fingerprint density at radius 1 is 0.293 bits per heavy atom. The summed E-state index contributed by atoms with van der Waals surface area (Å²) in [7, 11) is -9.79. The van der Waals surface area contributed by atoms with Crippen molar-refractivity contribution >= 4 is 33.6 Å². The lowest BCUT2D eigenvalue weighted by Crippen LogP contribution is -2.30. The third-order valence-electron chi connectivity index (χ3n) is 16.5. The van der Waals surface area contributed by atoms with Crippen LogP contribution < -0.4 is 0 Å². The molecule has 572 valence electrons. The number of carbonyl (C=O) groups excluding carboxylic acids is 3. The number of hydrogen-bond acceptors (Lipinski definition) is 14. The maximum atomic E-state index is 12.9. The molecule has 18 heteroatoms. The topological polar surface area (TPSA) is 231 Å². The lowest BCUT2D eigenvalue weighted by molar-refractivity contribution is -0.161. The highest BCUT2D eigenvalue weighted by Gasteiger charge is 2.29. The second-order valence-corrected chi connectivity index (χ2v) is 29.0. The fraction of sp³-hybridized carbons (Fsp3) is 0.741. The number of ether oxygens (including phenoxy) is 3. The summed E-state index contributed by atoms with van der Waals surface area (Å²) in [4.78, 5) is 58.6. The largest absolute Gasteiger partial charge is 0.472 e. The number of allylic oxidation sites excluding steroid dienone is 18. The van der Waals surface area contributed by atoms with E-state index in [2.05, 4.69) is 130 Å². The summed E-state index contributed by atoms with van der Waals surface area (Å²) < 4.78 is 61.1. The number of phosphoric acid groups is 2. The highest BCUT2D eigenvalue weighted by atomic mass is 31.2. The van der Waals surface area contributed by atoms with E-state index in [1.54, 1.807) is 0 Å². The van der Waals surface area contributed by atoms with E-state index in [4.69, 9.17) is 32.3 Å². The third kappa shape index (κ3) is 75.2. The van der Waals surface area contributed by atoms with Crippen LogP contribution in [0.2, 0.25) is 0 Å². The van der Waals surface area contributed by atoms with Crippen molar-refractivity contribution in [1.29, 1.82) is 0 Å². The molecule has 5 atom stereocenters. The van der Waals surface area contributed by atoms with Gasteiger partial charge in [-0.2, -0.15) is 0 Å². The molecule has 0 aromatic carbocycles. The van der Waals surface area contributed by atoms with Crippen molar-refractivity contribution in [3.63, 3.8) is 0 Å². The Hall–Kier alpha value is -3.79. The number of unbranched alkanes of at least 4 members (excludes halogenated alkanes) is 33. The van der Waals surface area contributed by atoms with Crippen molar-refractivity contribution in [2.24, 2.45) is 0 Å². The number of hydrogen-bond donors (Lipinski definition) is 4. The second-order valence-electron chi connectivity index (χ2n) is 26.1. The molecule has 0 aromatic heterocycles. The maximum Gasteiger partial charge on any atom is 0.472 e. The van der Waals surface area contributed by atoms with Crippen molar-refractivity contribution in [2.75, 3.05) is 39.6 Å². The summed E-state index contributed by atoms with van der Waals surface area (Å²) in [6, 6.07) is 0. The third-order valence-corrected chi connectivity index (χ3v) is 18.4. The van der Waals surface area contributed by atoms with Crippen LogP contribution in [0.15, 0.2) is 109 Å². The van der Waals surface area contributed by atoms with Crippen molar-refractivity contribution in [2.45, 2.75) is 347 Å². The summed E-state index contributed by atoms with van der Waals surface area (Å²) in [5, 5.41) is 20.6. The minimum Gasteiger partial charge on any atom is -0.463 e. The Labute approximate surface area is 602 Å². The van der Waals surface area contributed by atoms with E-state index in [1.807, 2.05) is 0 Å². The SMILES string of the molecule is CC/C=C\C/C=C\C/C=C\CCCCCCCCCC(=O)OCC(COP(=O)(O)OCC(O)COP(=O)(O)OCC(O)COC(=O)CCCCCCCCCCCCCCCCC/C=C\C/C=C\C/C=C\C/C=C\CCCCC)OC(=O)CCCCCCC/C=C\C/C=C\CCCCC. The molecule has 0 radical (unpaired) electrons. The molecule has 0 aromatic rings. The highest BCUT2D eigenvalue weighted by Crippen LogP contribution is 2.45. The summed E-state index contributed by atoms with van der Waals surface area (Å²) in [5.74, 6) is -1.60. The van der Waals surface area contributed by atoms with Crippen LogP contribution in [0.5, 0.6) is 0 Å². The van der Waals surface area contributed by atoms with E-state index in [0.717, 1.165) is 148 Å². The molecule has 0 rings (SSSR count). The van der Waals surface area contributed by atoms with Gasteiger partial charge in [-0.15, -0.1) is 0 Å². The van der Waals surface area contributed by atoms with Crippen LogP contribution in [0.1, 0.15) is 329 Å². The molecular formula is C81H142O16P2. The van der Waals surface area contributed by atoms with E-state index in [-0.39, 0.29) is 19.3 Å². The normalized spacial score (nSPS) is 14.6. The molecule has 4 N–H and O–H groups in total. The van der Waals surface area contributed by atoms with Gasteiger partial charge in [0.05, 0.1) is 26.4 Å². The van der Waals surface area contributed by atoms with Crippen LogP contribution in [-0.2, 0) is 55.8 Å². The lowest BCUT2D eigenvalue weighted by atomic mass is 10.0. The van der Waals surface area contributed by atoms with E-state index in [1.165, 1.54) is 122 Å². The van der Waals surface area contributed by atoms with Gasteiger partial charge in [0, 0.05) is 19.3 Å². The first-order valence-corrected chi connectivity index (χ1v) is 42.2. The van der Waals surface area contributed by atoms with Crippen LogP contribution in [0.4, 0.5) is 0 Å². The summed E-state index contributed by atoms with van der Waals surface area (Å²) in [6.45, 7) is 2.51. The average molecular weight is 1430 g/mol. The van der Waals surface area contributed by atoms with Gasteiger partial charge in [0.25, 0.3) is 0 Å². The second kappa shape index (κ2) is 73.9. The molecule has 0 saturated heterocycles. The van der Waals surface area contributed by atoms with Gasteiger partial charge in [0.2, 0.25) is 0 Å². The molecule has 0 aliphatic carbocycles. The van der Waals surface area contributed by atoms with Crippen LogP contribution in [-0.4, -0.2) is 95.9 Å². The maximum absolute atomic E-state index is 12.9. The average Bonchev–Trinajstić information content (AvgIpc) is 1.11. The van der Waals surface area contributed by atoms with Crippen molar-refractivity contribution in [3.8, 4) is 0 Å². The van der Waals surface area contributed by atoms with Crippen LogP contribution in [0.3, 0.4) is 0 Å². The van der Waals surface area contributed by atoms with Gasteiger partial charge in [-0.1, -0.05) is 291 Å².